The second-order valence-electron chi connectivity index (χ2n) is 9.41. The molecule has 8 nitrogen and oxygen atoms in total. The molecular weight excluding hydrogens is 428 g/mol. The zero-order valence-corrected chi connectivity index (χ0v) is 18.9. The topological polar surface area (TPSA) is 88.0 Å². The highest BCUT2D eigenvalue weighted by molar-refractivity contribution is 5.95. The van der Waals surface area contributed by atoms with Crippen LogP contribution in [0.3, 0.4) is 0 Å². The molecule has 0 spiro atoms. The van der Waals surface area contributed by atoms with Crippen LogP contribution in [0, 0.1) is 0 Å². The number of aromatic nitrogens is 4. The Bertz CT molecular complexity index is 1220. The van der Waals surface area contributed by atoms with E-state index in [1.807, 2.05) is 0 Å². The van der Waals surface area contributed by atoms with Crippen LogP contribution in [0.5, 0.6) is 0 Å². The van der Waals surface area contributed by atoms with Crippen LogP contribution in [0.25, 0.3) is 16.7 Å². The molecule has 2 N–H and O–H groups in total. The van der Waals surface area contributed by atoms with Gasteiger partial charge < -0.3 is 15.5 Å². The molecule has 2 aliphatic rings. The van der Waals surface area contributed by atoms with Gasteiger partial charge in [-0.2, -0.15) is 8.78 Å². The molecule has 5 rings (SSSR count). The van der Waals surface area contributed by atoms with E-state index < -0.39 is 5.92 Å². The van der Waals surface area contributed by atoms with Crippen molar-refractivity contribution in [2.24, 2.45) is 0 Å². The summed E-state index contributed by atoms with van der Waals surface area (Å²) in [4.78, 5) is 22.3. The molecule has 0 aromatic carbocycles. The fraction of sp³-hybridized carbons (Fsp3) is 0.478. The van der Waals surface area contributed by atoms with Gasteiger partial charge in [-0.1, -0.05) is 6.07 Å². The zero-order chi connectivity index (χ0) is 23.4. The third-order valence-corrected chi connectivity index (χ3v) is 6.29. The van der Waals surface area contributed by atoms with E-state index in [0.717, 1.165) is 37.6 Å². The van der Waals surface area contributed by atoms with Crippen molar-refractivity contribution in [3.05, 3.63) is 36.2 Å². The Kier molecular flexibility index (Phi) is 5.08. The Morgan fingerprint density at radius 3 is 2.79 bits per heavy atom. The molecule has 1 saturated carbocycles. The van der Waals surface area contributed by atoms with Crippen LogP contribution in [0.1, 0.15) is 45.7 Å². The third kappa shape index (κ3) is 4.39. The van der Waals surface area contributed by atoms with E-state index in [9.17, 15) is 13.6 Å². The number of pyridine rings is 2. The van der Waals surface area contributed by atoms with Crippen LogP contribution in [0.4, 0.5) is 20.4 Å². The molecule has 0 radical (unpaired) electrons. The molecule has 3 aromatic rings. The molecule has 1 aliphatic heterocycles. The van der Waals surface area contributed by atoms with Crippen molar-refractivity contribution in [2.45, 2.75) is 57.5 Å². The third-order valence-electron chi connectivity index (χ3n) is 6.29. The minimum atomic E-state index is -3.07. The van der Waals surface area contributed by atoms with Gasteiger partial charge in [-0.05, 0) is 38.3 Å². The quantitative estimate of drug-likeness (QED) is 0.591. The van der Waals surface area contributed by atoms with Gasteiger partial charge >= 0.3 is 0 Å². The van der Waals surface area contributed by atoms with Gasteiger partial charge in [0.15, 0.2) is 11.6 Å². The number of fused-ring (bicyclic) bond motifs is 1. The monoisotopic (exact) mass is 455 g/mol. The van der Waals surface area contributed by atoms with Crippen molar-refractivity contribution < 1.29 is 13.6 Å². The fourth-order valence-corrected chi connectivity index (χ4v) is 4.33. The number of nitrogens with one attached hydrogen (secondary N) is 2. The number of carbonyl (C=O) groups is 1. The maximum atomic E-state index is 13.9. The highest BCUT2D eigenvalue weighted by atomic mass is 19.3. The minimum Gasteiger partial charge on any atom is -0.353 e. The molecule has 1 atom stereocenters. The van der Waals surface area contributed by atoms with E-state index in [4.69, 9.17) is 5.10 Å². The Hall–Kier alpha value is -3.14. The normalized spacial score (nSPS) is 19.8. The maximum absolute atomic E-state index is 13.9. The van der Waals surface area contributed by atoms with Crippen LogP contribution in [0.15, 0.2) is 30.5 Å². The number of halogens is 2. The van der Waals surface area contributed by atoms with Crippen LogP contribution >= 0.6 is 0 Å². The van der Waals surface area contributed by atoms with Gasteiger partial charge in [0.1, 0.15) is 11.5 Å². The lowest BCUT2D eigenvalue weighted by molar-refractivity contribution is -0.114. The molecule has 10 heteroatoms. The van der Waals surface area contributed by atoms with Crippen LogP contribution in [0.2, 0.25) is 0 Å². The lowest BCUT2D eigenvalue weighted by atomic mass is 10.2. The first-order chi connectivity index (χ1) is 15.6. The number of alkyl halides is 2. The van der Waals surface area contributed by atoms with Crippen LogP contribution in [-0.2, 0) is 10.7 Å². The van der Waals surface area contributed by atoms with Crippen LogP contribution < -0.4 is 15.5 Å². The molecule has 1 unspecified atom stereocenters. The standard InChI is InChI=1S/C23H27F2N7O/c1-14(33)27-19-11-17-16(12-26-19)21(31-10-7-15(13-31)29-22(2)8-9-22)30-32(17)20-6-4-5-18(28-20)23(3,24)25/h4-6,11-12,15,29H,7-10,13H2,1-3H3,(H,26,27,33). The molecular formula is C23H27F2N7O. The molecule has 1 saturated heterocycles. The maximum Gasteiger partial charge on any atom is 0.287 e. The zero-order valence-electron chi connectivity index (χ0n) is 18.9. The first-order valence-corrected chi connectivity index (χ1v) is 11.2. The Morgan fingerprint density at radius 2 is 2.09 bits per heavy atom. The van der Waals surface area contributed by atoms with Crippen molar-refractivity contribution in [2.75, 3.05) is 23.3 Å². The van der Waals surface area contributed by atoms with Crippen molar-refractivity contribution in [1.29, 1.82) is 0 Å². The lowest BCUT2D eigenvalue weighted by Crippen LogP contribution is -2.40. The van der Waals surface area contributed by atoms with E-state index in [1.54, 1.807) is 29.1 Å². The number of rotatable bonds is 6. The summed E-state index contributed by atoms with van der Waals surface area (Å²) < 4.78 is 29.4. The van der Waals surface area contributed by atoms with Gasteiger partial charge in [0.25, 0.3) is 5.92 Å². The summed E-state index contributed by atoms with van der Waals surface area (Å²) in [7, 11) is 0. The first-order valence-electron chi connectivity index (χ1n) is 11.2. The number of hydrogen-bond acceptors (Lipinski definition) is 6. The van der Waals surface area contributed by atoms with Gasteiger partial charge in [-0.15, -0.1) is 5.10 Å². The number of anilines is 2. The summed E-state index contributed by atoms with van der Waals surface area (Å²) in [5, 5.41) is 12.0. The second kappa shape index (κ2) is 7.72. The SMILES string of the molecule is CC(=O)Nc1cc2c(cn1)c(N1CCC(NC3(C)CC3)C1)nn2-c1cccc(C(C)(F)F)n1. The second-order valence-corrected chi connectivity index (χ2v) is 9.41. The summed E-state index contributed by atoms with van der Waals surface area (Å²) in [5.41, 5.74) is 0.551. The van der Waals surface area contributed by atoms with Gasteiger partial charge in [-0.25, -0.2) is 14.6 Å². The number of hydrogen-bond donors (Lipinski definition) is 2. The van der Waals surface area contributed by atoms with Crippen molar-refractivity contribution >= 4 is 28.4 Å². The Labute approximate surface area is 190 Å². The molecule has 33 heavy (non-hydrogen) atoms. The Morgan fingerprint density at radius 1 is 1.30 bits per heavy atom. The average molecular weight is 456 g/mol. The number of amides is 1. The largest absolute Gasteiger partial charge is 0.353 e. The lowest BCUT2D eigenvalue weighted by Gasteiger charge is -2.20. The van der Waals surface area contributed by atoms with Crippen molar-refractivity contribution in [3.8, 4) is 5.82 Å². The molecule has 2 fully saturated rings. The van der Waals surface area contributed by atoms with Crippen molar-refractivity contribution in [1.82, 2.24) is 25.1 Å². The molecule has 174 valence electrons. The van der Waals surface area contributed by atoms with E-state index in [1.165, 1.54) is 25.8 Å². The highest BCUT2D eigenvalue weighted by Crippen LogP contribution is 2.37. The number of carbonyl (C=O) groups excluding carboxylic acids is 1. The van der Waals surface area contributed by atoms with Gasteiger partial charge in [0, 0.05) is 50.8 Å². The van der Waals surface area contributed by atoms with Crippen LogP contribution in [-0.4, -0.2) is 50.3 Å². The molecule has 0 bridgehead atoms. The van der Waals surface area contributed by atoms with E-state index >= 15 is 0 Å². The summed E-state index contributed by atoms with van der Waals surface area (Å²) >= 11 is 0. The average Bonchev–Trinajstić information content (AvgIpc) is 3.14. The predicted octanol–water partition coefficient (Wildman–Crippen LogP) is 3.61. The molecule has 1 aliphatic carbocycles. The molecule has 1 amide bonds. The highest BCUT2D eigenvalue weighted by Gasteiger charge is 2.40. The fourth-order valence-electron chi connectivity index (χ4n) is 4.33. The Balaban J connectivity index is 1.56. The van der Waals surface area contributed by atoms with E-state index in [2.05, 4.69) is 32.4 Å². The summed E-state index contributed by atoms with van der Waals surface area (Å²) in [5.74, 6) is -1.95. The van der Waals surface area contributed by atoms with E-state index in [-0.39, 0.29) is 23.0 Å². The first kappa shape index (κ1) is 21.7. The smallest absolute Gasteiger partial charge is 0.287 e. The molecule has 4 heterocycles. The van der Waals surface area contributed by atoms with Crippen molar-refractivity contribution in [3.63, 3.8) is 0 Å². The summed E-state index contributed by atoms with van der Waals surface area (Å²) in [6, 6.07) is 6.55. The molecule has 3 aromatic heterocycles. The number of nitrogens with zero attached hydrogens (tertiary/aromatic N) is 5. The summed E-state index contributed by atoms with van der Waals surface area (Å²) in [6.07, 6.45) is 5.06. The van der Waals surface area contributed by atoms with E-state index in [0.29, 0.717) is 17.4 Å². The minimum absolute atomic E-state index is 0.243. The van der Waals surface area contributed by atoms with Gasteiger partial charge in [0.2, 0.25) is 5.91 Å². The predicted molar refractivity (Wildman–Crippen MR) is 122 cm³/mol. The van der Waals surface area contributed by atoms with Gasteiger partial charge in [-0.3, -0.25) is 4.79 Å². The summed E-state index contributed by atoms with van der Waals surface area (Å²) in [6.45, 7) is 6.10. The van der Waals surface area contributed by atoms with Gasteiger partial charge in [0.05, 0.1) is 10.9 Å².